The van der Waals surface area contributed by atoms with Crippen LogP contribution in [-0.4, -0.2) is 22.8 Å². The Labute approximate surface area is 187 Å². The second-order valence-electron chi connectivity index (χ2n) is 7.39. The van der Waals surface area contributed by atoms with Crippen molar-refractivity contribution >= 4 is 34.3 Å². The number of thioether (sulfide) groups is 1. The predicted octanol–water partition coefficient (Wildman–Crippen LogP) is 6.13. The number of amides is 1. The highest BCUT2D eigenvalue weighted by atomic mass is 32.2. The largest absolute Gasteiger partial charge is 0.492 e. The number of fused-ring (bicyclic) bond motifs is 1. The molecule has 3 aromatic carbocycles. The second kappa shape index (κ2) is 9.75. The Bertz CT molecular complexity index is 1180. The number of carbonyl (C=O) groups is 1. The molecule has 4 nitrogen and oxygen atoms in total. The Morgan fingerprint density at radius 2 is 1.74 bits per heavy atom. The van der Waals surface area contributed by atoms with Gasteiger partial charge in [0.1, 0.15) is 5.75 Å². The predicted molar refractivity (Wildman–Crippen MR) is 129 cm³/mol. The number of nitrogens with one attached hydrogen (secondary N) is 1. The van der Waals surface area contributed by atoms with Crippen LogP contribution in [0.1, 0.15) is 18.1 Å². The summed E-state index contributed by atoms with van der Waals surface area (Å²) in [5.41, 5.74) is 4.40. The van der Waals surface area contributed by atoms with E-state index < -0.39 is 0 Å². The first-order chi connectivity index (χ1) is 15.1. The summed E-state index contributed by atoms with van der Waals surface area (Å²) in [6.07, 6.45) is 2.15. The molecule has 4 aromatic rings. The van der Waals surface area contributed by atoms with E-state index in [0.29, 0.717) is 23.8 Å². The maximum Gasteiger partial charge on any atom is 0.234 e. The lowest BCUT2D eigenvalue weighted by molar-refractivity contribution is -0.113. The molecule has 5 heteroatoms. The van der Waals surface area contributed by atoms with Crippen molar-refractivity contribution in [3.8, 4) is 5.75 Å². The van der Waals surface area contributed by atoms with Crippen molar-refractivity contribution in [2.75, 3.05) is 17.7 Å². The summed E-state index contributed by atoms with van der Waals surface area (Å²) in [7, 11) is 0. The van der Waals surface area contributed by atoms with Crippen LogP contribution < -0.4 is 10.1 Å². The molecule has 158 valence electrons. The minimum absolute atomic E-state index is 0.0486. The number of aromatic nitrogens is 1. The van der Waals surface area contributed by atoms with Gasteiger partial charge in [0.2, 0.25) is 5.91 Å². The zero-order valence-corrected chi connectivity index (χ0v) is 18.6. The minimum atomic E-state index is -0.0486. The van der Waals surface area contributed by atoms with Crippen molar-refractivity contribution in [3.05, 3.63) is 90.1 Å². The van der Waals surface area contributed by atoms with E-state index in [-0.39, 0.29) is 5.91 Å². The average Bonchev–Trinajstić information content (AvgIpc) is 3.13. The van der Waals surface area contributed by atoms with Gasteiger partial charge in [-0.05, 0) is 37.6 Å². The molecule has 4 rings (SSSR count). The van der Waals surface area contributed by atoms with Crippen molar-refractivity contribution in [1.29, 1.82) is 0 Å². The Morgan fingerprint density at radius 1 is 1.00 bits per heavy atom. The van der Waals surface area contributed by atoms with Gasteiger partial charge < -0.3 is 14.6 Å². The van der Waals surface area contributed by atoms with Gasteiger partial charge in [-0.15, -0.1) is 11.8 Å². The molecule has 1 amide bonds. The average molecular weight is 431 g/mol. The third kappa shape index (κ3) is 5.12. The van der Waals surface area contributed by atoms with Gasteiger partial charge in [0, 0.05) is 28.5 Å². The number of carbonyl (C=O) groups excluding carboxylic acids is 1. The number of para-hydroxylation sites is 3. The molecule has 1 N–H and O–H groups in total. The molecule has 0 aliphatic carbocycles. The quantitative estimate of drug-likeness (QED) is 0.342. The summed E-state index contributed by atoms with van der Waals surface area (Å²) in [6.45, 7) is 5.39. The van der Waals surface area contributed by atoms with Crippen LogP contribution in [0.25, 0.3) is 10.9 Å². The molecular formula is C26H26N2O2S. The van der Waals surface area contributed by atoms with Crippen LogP contribution in [0.15, 0.2) is 83.9 Å². The van der Waals surface area contributed by atoms with Crippen molar-refractivity contribution in [3.63, 3.8) is 0 Å². The minimum Gasteiger partial charge on any atom is -0.492 e. The summed E-state index contributed by atoms with van der Waals surface area (Å²) < 4.78 is 7.86. The molecule has 0 saturated heterocycles. The first kappa shape index (κ1) is 21.1. The third-order valence-corrected chi connectivity index (χ3v) is 6.09. The molecule has 31 heavy (non-hydrogen) atoms. The Kier molecular flexibility index (Phi) is 6.63. The van der Waals surface area contributed by atoms with E-state index in [1.807, 2.05) is 37.3 Å². The summed E-state index contributed by atoms with van der Waals surface area (Å²) in [6, 6.07) is 24.5. The zero-order valence-electron chi connectivity index (χ0n) is 17.8. The molecular weight excluding hydrogens is 404 g/mol. The molecule has 0 aliphatic heterocycles. The van der Waals surface area contributed by atoms with Crippen LogP contribution in [0.4, 0.5) is 5.69 Å². The molecule has 0 spiro atoms. The lowest BCUT2D eigenvalue weighted by Gasteiger charge is -2.11. The van der Waals surface area contributed by atoms with Gasteiger partial charge in [0.15, 0.2) is 0 Å². The fourth-order valence-corrected chi connectivity index (χ4v) is 4.42. The molecule has 0 fully saturated rings. The van der Waals surface area contributed by atoms with Gasteiger partial charge in [-0.3, -0.25) is 4.79 Å². The maximum atomic E-state index is 12.6. The monoisotopic (exact) mass is 430 g/mol. The van der Waals surface area contributed by atoms with E-state index in [1.54, 1.807) is 11.8 Å². The number of hydrogen-bond acceptors (Lipinski definition) is 3. The van der Waals surface area contributed by atoms with Crippen molar-refractivity contribution in [1.82, 2.24) is 4.57 Å². The van der Waals surface area contributed by atoms with E-state index in [1.165, 1.54) is 22.0 Å². The summed E-state index contributed by atoms with van der Waals surface area (Å²) >= 11 is 1.56. The van der Waals surface area contributed by atoms with E-state index in [4.69, 9.17) is 4.74 Å². The molecule has 1 aromatic heterocycles. The third-order valence-electron chi connectivity index (χ3n) is 5.05. The first-order valence-electron chi connectivity index (χ1n) is 10.4. The van der Waals surface area contributed by atoms with Crippen LogP contribution in [0.3, 0.4) is 0 Å². The summed E-state index contributed by atoms with van der Waals surface area (Å²) in [4.78, 5) is 13.7. The molecule has 0 saturated carbocycles. The smallest absolute Gasteiger partial charge is 0.234 e. The molecule has 1 heterocycles. The topological polar surface area (TPSA) is 43.3 Å². The molecule has 0 bridgehead atoms. The van der Waals surface area contributed by atoms with Crippen LogP contribution in [0.5, 0.6) is 5.75 Å². The Morgan fingerprint density at radius 3 is 2.55 bits per heavy atom. The first-order valence-corrected chi connectivity index (χ1v) is 11.4. The molecule has 0 aliphatic rings. The fraction of sp³-hybridized carbons (Fsp3) is 0.192. The maximum absolute atomic E-state index is 12.6. The van der Waals surface area contributed by atoms with Gasteiger partial charge in [0.05, 0.1) is 18.0 Å². The molecule has 0 radical (unpaired) electrons. The summed E-state index contributed by atoms with van der Waals surface area (Å²) in [5, 5.41) is 4.14. The van der Waals surface area contributed by atoms with Gasteiger partial charge in [-0.2, -0.15) is 0 Å². The highest BCUT2D eigenvalue weighted by molar-refractivity contribution is 8.00. The summed E-state index contributed by atoms with van der Waals surface area (Å²) in [5.74, 6) is 0.976. The lowest BCUT2D eigenvalue weighted by Crippen LogP contribution is -2.14. The van der Waals surface area contributed by atoms with Crippen molar-refractivity contribution in [2.45, 2.75) is 25.3 Å². The lowest BCUT2D eigenvalue weighted by atomic mass is 10.1. The van der Waals surface area contributed by atoms with E-state index in [2.05, 4.69) is 65.5 Å². The van der Waals surface area contributed by atoms with Gasteiger partial charge in [0.25, 0.3) is 0 Å². The normalized spacial score (nSPS) is 10.9. The number of benzene rings is 3. The van der Waals surface area contributed by atoms with Gasteiger partial charge in [-0.1, -0.05) is 60.2 Å². The number of nitrogens with zero attached hydrogens (tertiary/aromatic N) is 1. The number of anilines is 1. The number of rotatable bonds is 8. The highest BCUT2D eigenvalue weighted by Crippen LogP contribution is 2.31. The number of ether oxygens (including phenoxy) is 1. The van der Waals surface area contributed by atoms with E-state index >= 15 is 0 Å². The number of hydrogen-bond donors (Lipinski definition) is 1. The van der Waals surface area contributed by atoms with Crippen LogP contribution >= 0.6 is 11.8 Å². The van der Waals surface area contributed by atoms with Crippen LogP contribution in [0.2, 0.25) is 0 Å². The molecule has 0 atom stereocenters. The Hall–Kier alpha value is -3.18. The van der Waals surface area contributed by atoms with E-state index in [0.717, 1.165) is 11.4 Å². The highest BCUT2D eigenvalue weighted by Gasteiger charge is 2.12. The van der Waals surface area contributed by atoms with Crippen molar-refractivity contribution < 1.29 is 9.53 Å². The van der Waals surface area contributed by atoms with Crippen molar-refractivity contribution in [2.24, 2.45) is 0 Å². The van der Waals surface area contributed by atoms with Crippen LogP contribution in [0, 0.1) is 6.92 Å². The van der Waals surface area contributed by atoms with Gasteiger partial charge >= 0.3 is 0 Å². The van der Waals surface area contributed by atoms with Gasteiger partial charge in [-0.25, -0.2) is 0 Å². The van der Waals surface area contributed by atoms with E-state index in [9.17, 15) is 4.79 Å². The van der Waals surface area contributed by atoms with Crippen LogP contribution in [-0.2, 0) is 11.3 Å². The Balaban J connectivity index is 1.48. The fourth-order valence-electron chi connectivity index (χ4n) is 3.53. The number of aryl methyl sites for hydroxylation is 1. The molecule has 0 unspecified atom stereocenters. The SMILES string of the molecule is CCOc1ccccc1NC(=O)CSc1cn(Cc2ccc(C)cc2)c2ccccc12. The standard InChI is InChI=1S/C26H26N2O2S/c1-3-30-24-11-7-5-9-22(24)27-26(29)18-31-25-17-28(23-10-6-4-8-21(23)25)16-20-14-12-19(2)13-15-20/h4-15,17H,3,16,18H2,1-2H3,(H,27,29). The second-order valence-corrected chi connectivity index (χ2v) is 8.41. The zero-order chi connectivity index (χ0) is 21.6.